The summed E-state index contributed by atoms with van der Waals surface area (Å²) >= 11 is 5.81. The Hall–Kier alpha value is -1.59. The van der Waals surface area contributed by atoms with Crippen LogP contribution in [0, 0.1) is 11.3 Å². The molecule has 1 heterocycles. The molecule has 2 aliphatic rings. The lowest BCUT2D eigenvalue weighted by atomic mass is 9.91. The molecule has 0 aromatic heterocycles. The molecule has 2 fully saturated rings. The molecule has 1 aromatic carbocycles. The Morgan fingerprint density at radius 1 is 1.33 bits per heavy atom. The Labute approximate surface area is 127 Å². The molecule has 1 amide bonds. The predicted octanol–water partition coefficient (Wildman–Crippen LogP) is 2.37. The van der Waals surface area contributed by atoms with E-state index in [9.17, 15) is 14.7 Å². The van der Waals surface area contributed by atoms with Gasteiger partial charge in [-0.25, -0.2) is 4.79 Å². The lowest BCUT2D eigenvalue weighted by molar-refractivity contribution is -0.118. The fourth-order valence-corrected chi connectivity index (χ4v) is 3.39. The minimum absolute atomic E-state index is 0.00285. The van der Waals surface area contributed by atoms with E-state index in [-0.39, 0.29) is 22.8 Å². The molecular formula is C15H17ClN2O3. The summed E-state index contributed by atoms with van der Waals surface area (Å²) in [5.41, 5.74) is 0.467. The molecule has 5 nitrogen and oxygen atoms in total. The number of carboxylic acids is 1. The lowest BCUT2D eigenvalue weighted by Gasteiger charge is -2.23. The number of rotatable bonds is 3. The fourth-order valence-electron chi connectivity index (χ4n) is 3.22. The monoisotopic (exact) mass is 308 g/mol. The first-order valence-electron chi connectivity index (χ1n) is 7.06. The molecular weight excluding hydrogens is 292 g/mol. The number of hydrogen-bond donors (Lipinski definition) is 3. The third kappa shape index (κ3) is 2.76. The van der Waals surface area contributed by atoms with Crippen molar-refractivity contribution in [3.8, 4) is 0 Å². The van der Waals surface area contributed by atoms with Crippen LogP contribution in [0.25, 0.3) is 0 Å². The maximum Gasteiger partial charge on any atom is 0.337 e. The van der Waals surface area contributed by atoms with Crippen LogP contribution in [0.4, 0.5) is 5.69 Å². The van der Waals surface area contributed by atoms with Crippen LogP contribution >= 0.6 is 11.6 Å². The Bertz CT molecular complexity index is 597. The van der Waals surface area contributed by atoms with Gasteiger partial charge in [-0.3, -0.25) is 4.79 Å². The summed E-state index contributed by atoms with van der Waals surface area (Å²) in [6.07, 6.45) is 2.92. The minimum atomic E-state index is -1.10. The van der Waals surface area contributed by atoms with Gasteiger partial charge in [0.05, 0.1) is 11.3 Å². The Balaban J connectivity index is 1.73. The number of nitrogens with one attached hydrogen (secondary N) is 2. The number of piperidine rings is 1. The highest BCUT2D eigenvalue weighted by Crippen LogP contribution is 2.58. The second kappa shape index (κ2) is 5.31. The van der Waals surface area contributed by atoms with Crippen LogP contribution in [0.5, 0.6) is 0 Å². The van der Waals surface area contributed by atoms with Crippen LogP contribution < -0.4 is 10.6 Å². The molecule has 1 saturated heterocycles. The summed E-state index contributed by atoms with van der Waals surface area (Å²) in [6, 6.07) is 4.48. The van der Waals surface area contributed by atoms with Gasteiger partial charge in [0.1, 0.15) is 0 Å². The van der Waals surface area contributed by atoms with E-state index in [0.29, 0.717) is 10.7 Å². The van der Waals surface area contributed by atoms with Crippen molar-refractivity contribution in [2.24, 2.45) is 11.3 Å². The van der Waals surface area contributed by atoms with Crippen molar-refractivity contribution in [2.45, 2.75) is 19.3 Å². The van der Waals surface area contributed by atoms with Crippen molar-refractivity contribution in [1.82, 2.24) is 5.32 Å². The molecule has 1 aliphatic carbocycles. The van der Waals surface area contributed by atoms with Gasteiger partial charge < -0.3 is 15.7 Å². The van der Waals surface area contributed by atoms with E-state index in [1.54, 1.807) is 12.1 Å². The molecule has 1 aliphatic heterocycles. The molecule has 21 heavy (non-hydrogen) atoms. The van der Waals surface area contributed by atoms with E-state index in [2.05, 4.69) is 10.6 Å². The molecule has 1 aromatic rings. The zero-order chi connectivity index (χ0) is 15.0. The van der Waals surface area contributed by atoms with Crippen molar-refractivity contribution >= 4 is 29.2 Å². The highest BCUT2D eigenvalue weighted by atomic mass is 35.5. The van der Waals surface area contributed by atoms with Gasteiger partial charge in [0, 0.05) is 10.9 Å². The quantitative estimate of drug-likeness (QED) is 0.801. The third-order valence-electron chi connectivity index (χ3n) is 4.58. The highest BCUT2D eigenvalue weighted by Gasteiger charge is 2.57. The summed E-state index contributed by atoms with van der Waals surface area (Å²) in [4.78, 5) is 23.6. The molecule has 3 rings (SSSR count). The van der Waals surface area contributed by atoms with E-state index in [4.69, 9.17) is 11.6 Å². The van der Waals surface area contributed by atoms with Gasteiger partial charge in [-0.2, -0.15) is 0 Å². The van der Waals surface area contributed by atoms with E-state index >= 15 is 0 Å². The zero-order valence-electron chi connectivity index (χ0n) is 11.5. The molecule has 6 heteroatoms. The SMILES string of the molecule is O=C(O)c1cc(Cl)ccc1NC(=O)C1CC12CCNCC2. The number of carbonyl (C=O) groups is 2. The van der Waals surface area contributed by atoms with Crippen LogP contribution in [0.2, 0.25) is 5.02 Å². The normalized spacial score (nSPS) is 22.8. The van der Waals surface area contributed by atoms with Crippen LogP contribution in [0.1, 0.15) is 29.6 Å². The Morgan fingerprint density at radius 2 is 2.05 bits per heavy atom. The van der Waals surface area contributed by atoms with Crippen molar-refractivity contribution < 1.29 is 14.7 Å². The molecule has 0 bridgehead atoms. The first-order valence-corrected chi connectivity index (χ1v) is 7.44. The highest BCUT2D eigenvalue weighted by molar-refractivity contribution is 6.31. The molecule has 1 unspecified atom stereocenters. The van der Waals surface area contributed by atoms with Crippen molar-refractivity contribution in [3.05, 3.63) is 28.8 Å². The number of benzene rings is 1. The van der Waals surface area contributed by atoms with Crippen molar-refractivity contribution in [3.63, 3.8) is 0 Å². The number of halogens is 1. The van der Waals surface area contributed by atoms with Gasteiger partial charge in [0.2, 0.25) is 5.91 Å². The summed E-state index contributed by atoms with van der Waals surface area (Å²) < 4.78 is 0. The molecule has 3 N–H and O–H groups in total. The van der Waals surface area contributed by atoms with Crippen LogP contribution in [0.15, 0.2) is 18.2 Å². The third-order valence-corrected chi connectivity index (χ3v) is 4.81. The second-order valence-electron chi connectivity index (χ2n) is 5.85. The van der Waals surface area contributed by atoms with Gasteiger partial charge in [0.25, 0.3) is 0 Å². The summed E-state index contributed by atoms with van der Waals surface area (Å²) in [7, 11) is 0. The average molecular weight is 309 g/mol. The topological polar surface area (TPSA) is 78.4 Å². The number of hydrogen-bond acceptors (Lipinski definition) is 3. The first kappa shape index (κ1) is 14.4. The van der Waals surface area contributed by atoms with Crippen LogP contribution in [0.3, 0.4) is 0 Å². The van der Waals surface area contributed by atoms with Gasteiger partial charge in [-0.1, -0.05) is 11.6 Å². The lowest BCUT2D eigenvalue weighted by Crippen LogP contribution is -2.31. The van der Waals surface area contributed by atoms with Crippen molar-refractivity contribution in [2.75, 3.05) is 18.4 Å². The summed E-state index contributed by atoms with van der Waals surface area (Å²) in [5, 5.41) is 15.6. The van der Waals surface area contributed by atoms with E-state index < -0.39 is 5.97 Å². The summed E-state index contributed by atoms with van der Waals surface area (Å²) in [6.45, 7) is 1.90. The second-order valence-corrected chi connectivity index (χ2v) is 6.29. The summed E-state index contributed by atoms with van der Waals surface area (Å²) in [5.74, 6) is -1.18. The van der Waals surface area contributed by atoms with E-state index in [0.717, 1.165) is 32.4 Å². The number of amides is 1. The maximum atomic E-state index is 12.4. The zero-order valence-corrected chi connectivity index (χ0v) is 12.2. The predicted molar refractivity (Wildman–Crippen MR) is 79.7 cm³/mol. The van der Waals surface area contributed by atoms with Crippen molar-refractivity contribution in [1.29, 1.82) is 0 Å². The van der Waals surface area contributed by atoms with Crippen LogP contribution in [-0.4, -0.2) is 30.1 Å². The molecule has 1 atom stereocenters. The Kier molecular flexibility index (Phi) is 3.63. The smallest absolute Gasteiger partial charge is 0.337 e. The molecule has 0 radical (unpaired) electrons. The van der Waals surface area contributed by atoms with E-state index in [1.165, 1.54) is 6.07 Å². The fraction of sp³-hybridized carbons (Fsp3) is 0.467. The number of carboxylic acid groups (broad SMARTS) is 1. The number of carbonyl (C=O) groups excluding carboxylic acids is 1. The number of anilines is 1. The Morgan fingerprint density at radius 3 is 2.71 bits per heavy atom. The molecule has 1 saturated carbocycles. The minimum Gasteiger partial charge on any atom is -0.478 e. The van der Waals surface area contributed by atoms with Gasteiger partial charge in [0.15, 0.2) is 0 Å². The van der Waals surface area contributed by atoms with E-state index in [1.807, 2.05) is 0 Å². The molecule has 112 valence electrons. The molecule has 1 spiro atoms. The number of aromatic carboxylic acids is 1. The van der Waals surface area contributed by atoms with Gasteiger partial charge in [-0.15, -0.1) is 0 Å². The van der Waals surface area contributed by atoms with Gasteiger partial charge >= 0.3 is 5.97 Å². The van der Waals surface area contributed by atoms with Gasteiger partial charge in [-0.05, 0) is 56.0 Å². The standard InChI is InChI=1S/C15H17ClN2O3/c16-9-1-2-12(10(7-9)14(20)21)18-13(19)11-8-15(11)3-5-17-6-4-15/h1-2,7,11,17H,3-6,8H2,(H,18,19)(H,20,21). The maximum absolute atomic E-state index is 12.4. The van der Waals surface area contributed by atoms with Crippen LogP contribution in [-0.2, 0) is 4.79 Å². The first-order chi connectivity index (χ1) is 10.0. The average Bonchev–Trinajstić information content (AvgIpc) is 3.15. The largest absolute Gasteiger partial charge is 0.478 e.